The highest BCUT2D eigenvalue weighted by Gasteiger charge is 2.06. The second kappa shape index (κ2) is 8.23. The van der Waals surface area contributed by atoms with E-state index in [1.165, 1.54) is 0 Å². The molecule has 0 aliphatic rings. The van der Waals surface area contributed by atoms with Crippen molar-refractivity contribution >= 4 is 21.6 Å². The second-order valence-electron chi connectivity index (χ2n) is 2.85. The summed E-state index contributed by atoms with van der Waals surface area (Å²) in [5, 5.41) is 0.505. The van der Waals surface area contributed by atoms with E-state index in [2.05, 4.69) is 13.8 Å². The van der Waals surface area contributed by atoms with Crippen LogP contribution in [0.25, 0.3) is 0 Å². The van der Waals surface area contributed by atoms with E-state index >= 15 is 0 Å². The molecule has 0 aromatic carbocycles. The standard InChI is InChI=1S/C8H20N2S2/c1-3-5-7(9)11-12-8(10)6-4-2/h7-8H,3-6,9-10H2,1-2H3. The Bertz CT molecular complexity index is 89.1. The van der Waals surface area contributed by atoms with Gasteiger partial charge < -0.3 is 11.5 Å². The lowest BCUT2D eigenvalue weighted by molar-refractivity contribution is 0.763. The van der Waals surface area contributed by atoms with Crippen LogP contribution in [0.2, 0.25) is 0 Å². The Balaban J connectivity index is 3.27. The summed E-state index contributed by atoms with van der Waals surface area (Å²) in [5.41, 5.74) is 11.6. The third-order valence-corrected chi connectivity index (χ3v) is 4.34. The molecular weight excluding hydrogens is 188 g/mol. The zero-order valence-corrected chi connectivity index (χ0v) is 9.59. The molecule has 0 saturated heterocycles. The number of hydrogen-bond acceptors (Lipinski definition) is 4. The highest BCUT2D eigenvalue weighted by molar-refractivity contribution is 8.77. The van der Waals surface area contributed by atoms with E-state index in [1.807, 2.05) is 0 Å². The Morgan fingerprint density at radius 3 is 1.50 bits per heavy atom. The summed E-state index contributed by atoms with van der Waals surface area (Å²) in [6.45, 7) is 4.30. The van der Waals surface area contributed by atoms with E-state index in [0.717, 1.165) is 25.7 Å². The predicted molar refractivity (Wildman–Crippen MR) is 60.9 cm³/mol. The quantitative estimate of drug-likeness (QED) is 0.499. The van der Waals surface area contributed by atoms with Gasteiger partial charge in [-0.1, -0.05) is 48.3 Å². The van der Waals surface area contributed by atoms with Gasteiger partial charge >= 0.3 is 0 Å². The van der Waals surface area contributed by atoms with Gasteiger partial charge in [-0.2, -0.15) is 0 Å². The molecule has 0 rings (SSSR count). The van der Waals surface area contributed by atoms with Crippen LogP contribution >= 0.6 is 21.6 Å². The van der Waals surface area contributed by atoms with Crippen LogP contribution in [-0.2, 0) is 0 Å². The van der Waals surface area contributed by atoms with E-state index in [-0.39, 0.29) is 10.7 Å². The molecule has 0 spiro atoms. The van der Waals surface area contributed by atoms with Crippen molar-refractivity contribution in [1.29, 1.82) is 0 Å². The SMILES string of the molecule is CCCC(N)SSC(N)CCC. The van der Waals surface area contributed by atoms with Gasteiger partial charge in [0.2, 0.25) is 0 Å². The van der Waals surface area contributed by atoms with Gasteiger partial charge in [0, 0.05) is 0 Å². The fraction of sp³-hybridized carbons (Fsp3) is 1.00. The molecule has 0 aromatic rings. The third-order valence-electron chi connectivity index (χ3n) is 1.45. The molecule has 0 radical (unpaired) electrons. The lowest BCUT2D eigenvalue weighted by Crippen LogP contribution is -2.18. The van der Waals surface area contributed by atoms with Crippen molar-refractivity contribution in [2.75, 3.05) is 0 Å². The van der Waals surface area contributed by atoms with E-state index < -0.39 is 0 Å². The minimum atomic E-state index is 0.253. The van der Waals surface area contributed by atoms with Gasteiger partial charge in [-0.05, 0) is 12.8 Å². The Morgan fingerprint density at radius 2 is 1.25 bits per heavy atom. The number of nitrogens with two attached hydrogens (primary N) is 2. The molecule has 12 heavy (non-hydrogen) atoms. The zero-order valence-electron chi connectivity index (χ0n) is 7.95. The van der Waals surface area contributed by atoms with Gasteiger partial charge in [-0.25, -0.2) is 0 Å². The van der Waals surface area contributed by atoms with Gasteiger partial charge in [0.25, 0.3) is 0 Å². The summed E-state index contributed by atoms with van der Waals surface area (Å²) in [7, 11) is 3.44. The summed E-state index contributed by atoms with van der Waals surface area (Å²) in [5.74, 6) is 0. The molecule has 0 saturated carbocycles. The molecule has 0 fully saturated rings. The first-order chi connectivity index (χ1) is 5.70. The highest BCUT2D eigenvalue weighted by atomic mass is 33.1. The molecule has 0 aromatic heterocycles. The first-order valence-corrected chi connectivity index (χ1v) is 6.81. The van der Waals surface area contributed by atoms with Crippen LogP contribution in [0.5, 0.6) is 0 Å². The van der Waals surface area contributed by atoms with Crippen LogP contribution in [0.4, 0.5) is 0 Å². The van der Waals surface area contributed by atoms with Crippen LogP contribution in [0.1, 0.15) is 39.5 Å². The van der Waals surface area contributed by atoms with Crippen molar-refractivity contribution in [1.82, 2.24) is 0 Å². The number of rotatable bonds is 7. The maximum absolute atomic E-state index is 5.82. The molecule has 0 heterocycles. The largest absolute Gasteiger partial charge is 0.319 e. The van der Waals surface area contributed by atoms with Crippen molar-refractivity contribution in [3.8, 4) is 0 Å². The summed E-state index contributed by atoms with van der Waals surface area (Å²) in [6, 6.07) is 0. The first kappa shape index (κ1) is 12.6. The maximum atomic E-state index is 5.82. The molecule has 0 amide bonds. The van der Waals surface area contributed by atoms with Crippen LogP contribution in [0.3, 0.4) is 0 Å². The van der Waals surface area contributed by atoms with Crippen LogP contribution in [-0.4, -0.2) is 10.7 Å². The fourth-order valence-electron chi connectivity index (χ4n) is 0.808. The Labute approximate surface area is 83.6 Å². The average Bonchev–Trinajstić information content (AvgIpc) is 2.02. The van der Waals surface area contributed by atoms with Crippen molar-refractivity contribution in [2.45, 2.75) is 50.3 Å². The zero-order chi connectivity index (χ0) is 9.40. The number of hydrogen-bond donors (Lipinski definition) is 2. The smallest absolute Gasteiger partial charge is 0.0612 e. The van der Waals surface area contributed by atoms with Gasteiger partial charge in [-0.15, -0.1) is 0 Å². The summed E-state index contributed by atoms with van der Waals surface area (Å²) >= 11 is 0. The maximum Gasteiger partial charge on any atom is 0.0612 e. The molecule has 0 aliphatic heterocycles. The van der Waals surface area contributed by atoms with Crippen molar-refractivity contribution in [2.24, 2.45) is 11.5 Å². The highest BCUT2D eigenvalue weighted by Crippen LogP contribution is 2.30. The van der Waals surface area contributed by atoms with Crippen LogP contribution in [0.15, 0.2) is 0 Å². The van der Waals surface area contributed by atoms with Crippen molar-refractivity contribution < 1.29 is 0 Å². The van der Waals surface area contributed by atoms with Gasteiger partial charge in [0.15, 0.2) is 0 Å². The lowest BCUT2D eigenvalue weighted by Gasteiger charge is -2.12. The first-order valence-electron chi connectivity index (χ1n) is 4.54. The third kappa shape index (κ3) is 7.28. The van der Waals surface area contributed by atoms with E-state index in [4.69, 9.17) is 11.5 Å². The summed E-state index contributed by atoms with van der Waals surface area (Å²) < 4.78 is 0. The van der Waals surface area contributed by atoms with E-state index in [9.17, 15) is 0 Å². The van der Waals surface area contributed by atoms with Gasteiger partial charge in [0.1, 0.15) is 0 Å². The molecule has 4 heteroatoms. The van der Waals surface area contributed by atoms with Crippen molar-refractivity contribution in [3.63, 3.8) is 0 Å². The molecular formula is C8H20N2S2. The van der Waals surface area contributed by atoms with Crippen molar-refractivity contribution in [3.05, 3.63) is 0 Å². The minimum Gasteiger partial charge on any atom is -0.319 e. The lowest BCUT2D eigenvalue weighted by atomic mass is 10.3. The summed E-state index contributed by atoms with van der Waals surface area (Å²) in [6.07, 6.45) is 4.46. The van der Waals surface area contributed by atoms with Gasteiger partial charge in [0.05, 0.1) is 10.7 Å². The molecule has 2 nitrogen and oxygen atoms in total. The van der Waals surface area contributed by atoms with Crippen LogP contribution in [0, 0.1) is 0 Å². The van der Waals surface area contributed by atoms with E-state index in [0.29, 0.717) is 0 Å². The topological polar surface area (TPSA) is 52.0 Å². The Morgan fingerprint density at radius 1 is 0.917 bits per heavy atom. The molecule has 2 atom stereocenters. The normalized spacial score (nSPS) is 16.0. The average molecular weight is 208 g/mol. The second-order valence-corrected chi connectivity index (χ2v) is 5.60. The Kier molecular flexibility index (Phi) is 8.65. The monoisotopic (exact) mass is 208 g/mol. The summed E-state index contributed by atoms with van der Waals surface area (Å²) in [4.78, 5) is 0. The van der Waals surface area contributed by atoms with E-state index in [1.54, 1.807) is 21.6 Å². The molecule has 74 valence electrons. The molecule has 0 bridgehead atoms. The molecule has 2 unspecified atom stereocenters. The minimum absolute atomic E-state index is 0.253. The Hall–Kier alpha value is 0.620. The van der Waals surface area contributed by atoms with Crippen LogP contribution < -0.4 is 11.5 Å². The van der Waals surface area contributed by atoms with Gasteiger partial charge in [-0.3, -0.25) is 0 Å². The molecule has 0 aliphatic carbocycles. The fourth-order valence-corrected chi connectivity index (χ4v) is 3.19. The molecule has 4 N–H and O–H groups in total. The predicted octanol–water partition coefficient (Wildman–Crippen LogP) is 2.54.